The van der Waals surface area contributed by atoms with Crippen LogP contribution in [0.3, 0.4) is 0 Å². The Bertz CT molecular complexity index is 516. The average Bonchev–Trinajstić information content (AvgIpc) is 2.43. The summed E-state index contributed by atoms with van der Waals surface area (Å²) >= 11 is 7.71. The van der Waals surface area contributed by atoms with Gasteiger partial charge in [0, 0.05) is 18.4 Å². The summed E-state index contributed by atoms with van der Waals surface area (Å²) < 4.78 is 0. The van der Waals surface area contributed by atoms with E-state index in [9.17, 15) is 0 Å². The van der Waals surface area contributed by atoms with E-state index in [1.807, 2.05) is 17.8 Å². The molecule has 4 nitrogen and oxygen atoms in total. The molecule has 1 heterocycles. The van der Waals surface area contributed by atoms with Gasteiger partial charge in [0.15, 0.2) is 0 Å². The maximum atomic E-state index is 5.80. The quantitative estimate of drug-likeness (QED) is 0.608. The lowest BCUT2D eigenvalue weighted by molar-refractivity contribution is 1.12. The van der Waals surface area contributed by atoms with Crippen LogP contribution in [0.25, 0.3) is 0 Å². The molecule has 3 N–H and O–H groups in total. The number of thioether (sulfide) groups is 1. The molecule has 2 aromatic rings. The van der Waals surface area contributed by atoms with Crippen LogP contribution in [0, 0.1) is 0 Å². The second kappa shape index (κ2) is 7.97. The maximum Gasteiger partial charge on any atom is 0.223 e. The van der Waals surface area contributed by atoms with Crippen molar-refractivity contribution >= 4 is 35.1 Å². The van der Waals surface area contributed by atoms with Gasteiger partial charge in [-0.05, 0) is 17.7 Å². The van der Waals surface area contributed by atoms with Crippen LogP contribution in [-0.2, 0) is 6.42 Å². The lowest BCUT2D eigenvalue weighted by Gasteiger charge is -2.06. The van der Waals surface area contributed by atoms with Gasteiger partial charge in [0.05, 0.1) is 0 Å². The number of nitrogens with one attached hydrogen (secondary N) is 1. The van der Waals surface area contributed by atoms with Gasteiger partial charge in [-0.2, -0.15) is 16.7 Å². The van der Waals surface area contributed by atoms with Crippen molar-refractivity contribution in [3.63, 3.8) is 0 Å². The van der Waals surface area contributed by atoms with Crippen molar-refractivity contribution in [3.8, 4) is 0 Å². The van der Waals surface area contributed by atoms with Gasteiger partial charge < -0.3 is 11.1 Å². The molecule has 0 aliphatic rings. The van der Waals surface area contributed by atoms with Crippen LogP contribution < -0.4 is 11.1 Å². The molecule has 0 spiro atoms. The standard InChI is InChI=1S/C14H17ClN4S/c15-12-10-13(19-14(16)18-12)17-7-9-20-8-6-11-4-2-1-3-5-11/h1-5,10H,6-9H2,(H3,16,17,18,19). The molecular weight excluding hydrogens is 292 g/mol. The fraction of sp³-hybridized carbons (Fsp3) is 0.286. The third-order valence-corrected chi connectivity index (χ3v) is 3.82. The Labute approximate surface area is 128 Å². The Morgan fingerprint density at radius 2 is 1.95 bits per heavy atom. The first-order chi connectivity index (χ1) is 9.74. The topological polar surface area (TPSA) is 63.8 Å². The first-order valence-corrected chi connectivity index (χ1v) is 7.93. The van der Waals surface area contributed by atoms with Gasteiger partial charge in [0.2, 0.25) is 5.95 Å². The predicted molar refractivity (Wildman–Crippen MR) is 87.4 cm³/mol. The molecule has 1 aromatic heterocycles. The number of nitrogens with two attached hydrogens (primary N) is 1. The number of anilines is 2. The van der Waals surface area contributed by atoms with Gasteiger partial charge in [-0.15, -0.1) is 0 Å². The second-order valence-corrected chi connectivity index (χ2v) is 5.82. The number of nitrogens with zero attached hydrogens (tertiary/aromatic N) is 2. The molecule has 0 saturated heterocycles. The number of hydrogen-bond donors (Lipinski definition) is 2. The number of halogens is 1. The average molecular weight is 309 g/mol. The third-order valence-electron chi connectivity index (χ3n) is 2.64. The van der Waals surface area contributed by atoms with Gasteiger partial charge in [-0.3, -0.25) is 0 Å². The third kappa shape index (κ3) is 5.27. The number of benzene rings is 1. The number of aryl methyl sites for hydroxylation is 1. The molecule has 0 atom stereocenters. The van der Waals surface area contributed by atoms with E-state index < -0.39 is 0 Å². The fourth-order valence-corrected chi connectivity index (χ4v) is 2.73. The number of rotatable bonds is 7. The Morgan fingerprint density at radius 3 is 2.70 bits per heavy atom. The zero-order valence-electron chi connectivity index (χ0n) is 11.1. The molecule has 2 rings (SSSR count). The van der Waals surface area contributed by atoms with Gasteiger partial charge in [0.1, 0.15) is 11.0 Å². The van der Waals surface area contributed by atoms with Gasteiger partial charge in [-0.1, -0.05) is 41.9 Å². The Kier molecular flexibility index (Phi) is 5.95. The summed E-state index contributed by atoms with van der Waals surface area (Å²) in [6.45, 7) is 0.826. The minimum Gasteiger partial charge on any atom is -0.369 e. The molecule has 0 radical (unpaired) electrons. The zero-order valence-corrected chi connectivity index (χ0v) is 12.6. The Hall–Kier alpha value is -1.46. The highest BCUT2D eigenvalue weighted by Crippen LogP contribution is 2.12. The molecule has 6 heteroatoms. The van der Waals surface area contributed by atoms with Crippen molar-refractivity contribution in [3.05, 3.63) is 47.1 Å². The summed E-state index contributed by atoms with van der Waals surface area (Å²) in [6.07, 6.45) is 1.10. The summed E-state index contributed by atoms with van der Waals surface area (Å²) in [5.74, 6) is 2.98. The molecule has 0 bridgehead atoms. The molecule has 20 heavy (non-hydrogen) atoms. The van der Waals surface area contributed by atoms with E-state index in [0.29, 0.717) is 11.0 Å². The van der Waals surface area contributed by atoms with Crippen LogP contribution in [0.4, 0.5) is 11.8 Å². The Morgan fingerprint density at radius 1 is 1.15 bits per heavy atom. The largest absolute Gasteiger partial charge is 0.369 e. The van der Waals surface area contributed by atoms with Gasteiger partial charge in [-0.25, -0.2) is 4.98 Å². The normalized spacial score (nSPS) is 10.4. The monoisotopic (exact) mass is 308 g/mol. The van der Waals surface area contributed by atoms with Crippen molar-refractivity contribution in [2.75, 3.05) is 29.1 Å². The van der Waals surface area contributed by atoms with Crippen LogP contribution in [0.15, 0.2) is 36.4 Å². The van der Waals surface area contributed by atoms with E-state index in [1.54, 1.807) is 6.07 Å². The highest BCUT2D eigenvalue weighted by Gasteiger charge is 1.99. The van der Waals surface area contributed by atoms with Crippen LogP contribution >= 0.6 is 23.4 Å². The van der Waals surface area contributed by atoms with E-state index in [1.165, 1.54) is 5.56 Å². The van der Waals surface area contributed by atoms with Gasteiger partial charge >= 0.3 is 0 Å². The molecular formula is C14H17ClN4S. The highest BCUT2D eigenvalue weighted by molar-refractivity contribution is 7.99. The number of hydrogen-bond acceptors (Lipinski definition) is 5. The van der Waals surface area contributed by atoms with E-state index in [4.69, 9.17) is 17.3 Å². The second-order valence-electron chi connectivity index (χ2n) is 4.21. The summed E-state index contributed by atoms with van der Waals surface area (Å²) in [6, 6.07) is 12.2. The minimum atomic E-state index is 0.191. The number of aromatic nitrogens is 2. The zero-order chi connectivity index (χ0) is 14.2. The SMILES string of the molecule is Nc1nc(Cl)cc(NCCSCCc2ccccc2)n1. The molecule has 1 aromatic carbocycles. The molecule has 0 aliphatic heterocycles. The van der Waals surface area contributed by atoms with Crippen molar-refractivity contribution in [1.82, 2.24) is 9.97 Å². The van der Waals surface area contributed by atoms with Crippen LogP contribution in [0.1, 0.15) is 5.56 Å². The van der Waals surface area contributed by atoms with Crippen molar-refractivity contribution in [2.24, 2.45) is 0 Å². The first kappa shape index (κ1) is 14.9. The Balaban J connectivity index is 1.62. The van der Waals surface area contributed by atoms with Crippen molar-refractivity contribution in [1.29, 1.82) is 0 Å². The molecule has 0 fully saturated rings. The highest BCUT2D eigenvalue weighted by atomic mass is 35.5. The summed E-state index contributed by atoms with van der Waals surface area (Å²) in [4.78, 5) is 7.87. The smallest absolute Gasteiger partial charge is 0.223 e. The van der Waals surface area contributed by atoms with E-state index >= 15 is 0 Å². The van der Waals surface area contributed by atoms with E-state index in [-0.39, 0.29) is 5.95 Å². The molecule has 0 aliphatic carbocycles. The van der Waals surface area contributed by atoms with Gasteiger partial charge in [0.25, 0.3) is 0 Å². The van der Waals surface area contributed by atoms with Crippen molar-refractivity contribution < 1.29 is 0 Å². The van der Waals surface area contributed by atoms with Crippen LogP contribution in [0.5, 0.6) is 0 Å². The summed E-state index contributed by atoms with van der Waals surface area (Å²) in [5.41, 5.74) is 6.90. The predicted octanol–water partition coefficient (Wildman–Crippen LogP) is 3.10. The molecule has 0 unspecified atom stereocenters. The molecule has 0 saturated carbocycles. The summed E-state index contributed by atoms with van der Waals surface area (Å²) in [7, 11) is 0. The fourth-order valence-electron chi connectivity index (χ4n) is 1.71. The lowest BCUT2D eigenvalue weighted by Crippen LogP contribution is -2.08. The van der Waals surface area contributed by atoms with Crippen LogP contribution in [0.2, 0.25) is 5.15 Å². The van der Waals surface area contributed by atoms with Crippen LogP contribution in [-0.4, -0.2) is 28.0 Å². The number of nitrogen functional groups attached to an aromatic ring is 1. The lowest BCUT2D eigenvalue weighted by atomic mass is 10.2. The molecule has 0 amide bonds. The minimum absolute atomic E-state index is 0.191. The first-order valence-electron chi connectivity index (χ1n) is 6.39. The molecule has 106 valence electrons. The summed E-state index contributed by atoms with van der Waals surface area (Å²) in [5, 5.41) is 3.55. The van der Waals surface area contributed by atoms with E-state index in [0.717, 1.165) is 24.5 Å². The maximum absolute atomic E-state index is 5.80. The van der Waals surface area contributed by atoms with Crippen molar-refractivity contribution in [2.45, 2.75) is 6.42 Å². The van der Waals surface area contributed by atoms with E-state index in [2.05, 4.69) is 39.6 Å².